The molecule has 2 aromatic heterocycles. The molecule has 0 bridgehead atoms. The van der Waals surface area contributed by atoms with Gasteiger partial charge in [-0.25, -0.2) is 4.98 Å². The van der Waals surface area contributed by atoms with Gasteiger partial charge in [-0.05, 0) is 32.4 Å². The lowest BCUT2D eigenvalue weighted by atomic mass is 10.0. The summed E-state index contributed by atoms with van der Waals surface area (Å²) in [4.78, 5) is 22.5. The van der Waals surface area contributed by atoms with Crippen molar-refractivity contribution in [3.63, 3.8) is 0 Å². The lowest BCUT2D eigenvalue weighted by molar-refractivity contribution is 1.19. The summed E-state index contributed by atoms with van der Waals surface area (Å²) in [6.07, 6.45) is 0. The van der Waals surface area contributed by atoms with Crippen LogP contribution in [0.3, 0.4) is 0 Å². The van der Waals surface area contributed by atoms with Crippen LogP contribution >= 0.6 is 27.3 Å². The number of halogens is 1. The Balaban J connectivity index is 1.98. The van der Waals surface area contributed by atoms with E-state index in [1.54, 1.807) is 11.3 Å². The van der Waals surface area contributed by atoms with Crippen molar-refractivity contribution in [1.29, 1.82) is 0 Å². The predicted octanol–water partition coefficient (Wildman–Crippen LogP) is 6.01. The minimum atomic E-state index is -0.0988. The van der Waals surface area contributed by atoms with Crippen molar-refractivity contribution in [3.05, 3.63) is 73.3 Å². The lowest BCUT2D eigenvalue weighted by Crippen LogP contribution is -2.09. The highest BCUT2D eigenvalue weighted by Crippen LogP contribution is 2.39. The van der Waals surface area contributed by atoms with Crippen LogP contribution in [0.5, 0.6) is 0 Å². The van der Waals surface area contributed by atoms with Gasteiger partial charge in [0.15, 0.2) is 0 Å². The van der Waals surface area contributed by atoms with E-state index in [0.717, 1.165) is 36.4 Å². The third-order valence-electron chi connectivity index (χ3n) is 4.45. The average molecular weight is 425 g/mol. The van der Waals surface area contributed by atoms with E-state index in [2.05, 4.69) is 40.0 Å². The summed E-state index contributed by atoms with van der Waals surface area (Å²) in [6.45, 7) is 6.14. The first-order chi connectivity index (χ1) is 12.4. The minimum absolute atomic E-state index is 0.0988. The van der Waals surface area contributed by atoms with E-state index >= 15 is 0 Å². The number of nitrogens with zero attached hydrogens (tertiary/aromatic N) is 1. The maximum Gasteiger partial charge on any atom is 0.260 e. The van der Waals surface area contributed by atoms with Gasteiger partial charge in [0.05, 0.1) is 5.39 Å². The van der Waals surface area contributed by atoms with Gasteiger partial charge in [0, 0.05) is 20.5 Å². The van der Waals surface area contributed by atoms with E-state index in [0.29, 0.717) is 11.2 Å². The van der Waals surface area contributed by atoms with Gasteiger partial charge in [-0.1, -0.05) is 63.5 Å². The zero-order chi connectivity index (χ0) is 18.4. The molecular formula is C21H17BrN2OS. The number of rotatable bonds is 2. The van der Waals surface area contributed by atoms with E-state index < -0.39 is 0 Å². The summed E-state index contributed by atoms with van der Waals surface area (Å²) >= 11 is 5.19. The van der Waals surface area contributed by atoms with Gasteiger partial charge in [0.25, 0.3) is 5.56 Å². The first-order valence-corrected chi connectivity index (χ1v) is 9.92. The summed E-state index contributed by atoms with van der Waals surface area (Å²) in [7, 11) is 0. The zero-order valence-electron chi connectivity index (χ0n) is 14.7. The Hall–Kier alpha value is -2.24. The van der Waals surface area contributed by atoms with Crippen molar-refractivity contribution in [2.45, 2.75) is 20.8 Å². The second kappa shape index (κ2) is 6.49. The topological polar surface area (TPSA) is 45.8 Å². The van der Waals surface area contributed by atoms with Gasteiger partial charge in [-0.3, -0.25) is 4.79 Å². The van der Waals surface area contributed by atoms with Crippen LogP contribution in [0.4, 0.5) is 0 Å². The lowest BCUT2D eigenvalue weighted by Gasteiger charge is -2.07. The SMILES string of the molecule is Cc1ccc(-c2nc3sc(C)c(-c4cc(C)ccc4Br)c3c(=O)[nH]2)cc1. The van der Waals surface area contributed by atoms with Crippen LogP contribution in [0.15, 0.2) is 51.7 Å². The quantitative estimate of drug-likeness (QED) is 0.428. The second-order valence-electron chi connectivity index (χ2n) is 6.48. The number of aromatic nitrogens is 2. The van der Waals surface area contributed by atoms with Crippen LogP contribution in [0.1, 0.15) is 16.0 Å². The fourth-order valence-electron chi connectivity index (χ4n) is 3.12. The molecule has 130 valence electrons. The van der Waals surface area contributed by atoms with Crippen molar-refractivity contribution in [3.8, 4) is 22.5 Å². The molecule has 1 N–H and O–H groups in total. The number of nitrogens with one attached hydrogen (secondary N) is 1. The smallest absolute Gasteiger partial charge is 0.260 e. The van der Waals surface area contributed by atoms with Gasteiger partial charge >= 0.3 is 0 Å². The third-order valence-corrected chi connectivity index (χ3v) is 6.14. The van der Waals surface area contributed by atoms with Gasteiger partial charge in [-0.2, -0.15) is 0 Å². The van der Waals surface area contributed by atoms with E-state index in [4.69, 9.17) is 4.98 Å². The molecule has 0 radical (unpaired) electrons. The fraction of sp³-hybridized carbons (Fsp3) is 0.143. The van der Waals surface area contributed by atoms with E-state index in [1.165, 1.54) is 5.56 Å². The molecule has 0 spiro atoms. The Morgan fingerprint density at radius 3 is 2.42 bits per heavy atom. The van der Waals surface area contributed by atoms with Crippen molar-refractivity contribution in [1.82, 2.24) is 9.97 Å². The maximum absolute atomic E-state index is 12.9. The van der Waals surface area contributed by atoms with Gasteiger partial charge < -0.3 is 4.98 Å². The third kappa shape index (κ3) is 2.91. The van der Waals surface area contributed by atoms with E-state index in [1.807, 2.05) is 44.2 Å². The highest BCUT2D eigenvalue weighted by Gasteiger charge is 2.19. The predicted molar refractivity (Wildman–Crippen MR) is 113 cm³/mol. The van der Waals surface area contributed by atoms with Crippen LogP contribution in [0.2, 0.25) is 0 Å². The van der Waals surface area contributed by atoms with Crippen molar-refractivity contribution in [2.75, 3.05) is 0 Å². The molecule has 26 heavy (non-hydrogen) atoms. The fourth-order valence-corrected chi connectivity index (χ4v) is 4.60. The van der Waals surface area contributed by atoms with Crippen LogP contribution in [0, 0.1) is 20.8 Å². The highest BCUT2D eigenvalue weighted by atomic mass is 79.9. The largest absolute Gasteiger partial charge is 0.306 e. The van der Waals surface area contributed by atoms with Gasteiger partial charge in [-0.15, -0.1) is 11.3 Å². The Bertz CT molecular complexity index is 1190. The Labute approximate surface area is 163 Å². The molecule has 2 heterocycles. The maximum atomic E-state index is 12.9. The molecule has 4 aromatic rings. The summed E-state index contributed by atoms with van der Waals surface area (Å²) in [6, 6.07) is 14.2. The molecule has 0 aliphatic rings. The minimum Gasteiger partial charge on any atom is -0.306 e. The molecule has 0 amide bonds. The molecule has 0 aliphatic carbocycles. The number of hydrogen-bond donors (Lipinski definition) is 1. The molecule has 4 rings (SSSR count). The van der Waals surface area contributed by atoms with Crippen molar-refractivity contribution >= 4 is 37.5 Å². The first kappa shape index (κ1) is 17.2. The molecule has 2 aromatic carbocycles. The Morgan fingerprint density at radius 2 is 1.69 bits per heavy atom. The molecule has 0 saturated heterocycles. The Morgan fingerprint density at radius 1 is 1.00 bits per heavy atom. The number of aromatic amines is 1. The first-order valence-electron chi connectivity index (χ1n) is 8.31. The number of thiophene rings is 1. The standard InChI is InChI=1S/C21H17BrN2OS/c1-11-4-7-14(8-5-11)19-23-20(25)18-17(13(3)26-21(18)24-19)15-10-12(2)6-9-16(15)22/h4-10H,1-3H3,(H,23,24,25). The summed E-state index contributed by atoms with van der Waals surface area (Å²) in [5.74, 6) is 0.610. The second-order valence-corrected chi connectivity index (χ2v) is 8.53. The molecule has 0 unspecified atom stereocenters. The molecule has 0 saturated carbocycles. The number of benzene rings is 2. The normalized spacial score (nSPS) is 11.2. The summed E-state index contributed by atoms with van der Waals surface area (Å²) in [5.41, 5.74) is 5.14. The molecular weight excluding hydrogens is 408 g/mol. The number of fused-ring (bicyclic) bond motifs is 1. The Kier molecular flexibility index (Phi) is 4.29. The molecule has 0 aliphatic heterocycles. The van der Waals surface area contributed by atoms with E-state index in [9.17, 15) is 4.79 Å². The number of aryl methyl sites for hydroxylation is 3. The van der Waals surface area contributed by atoms with Gasteiger partial charge in [0.1, 0.15) is 10.7 Å². The van der Waals surface area contributed by atoms with Gasteiger partial charge in [0.2, 0.25) is 0 Å². The highest BCUT2D eigenvalue weighted by molar-refractivity contribution is 9.10. The summed E-state index contributed by atoms with van der Waals surface area (Å²) in [5, 5.41) is 0.662. The van der Waals surface area contributed by atoms with Crippen LogP contribution in [-0.2, 0) is 0 Å². The van der Waals surface area contributed by atoms with Crippen LogP contribution in [0.25, 0.3) is 32.7 Å². The van der Waals surface area contributed by atoms with Crippen molar-refractivity contribution < 1.29 is 0 Å². The average Bonchev–Trinajstić information content (AvgIpc) is 2.94. The molecule has 0 fully saturated rings. The number of hydrogen-bond acceptors (Lipinski definition) is 3. The monoisotopic (exact) mass is 424 g/mol. The number of H-pyrrole nitrogens is 1. The van der Waals surface area contributed by atoms with E-state index in [-0.39, 0.29) is 5.56 Å². The zero-order valence-corrected chi connectivity index (χ0v) is 17.1. The van der Waals surface area contributed by atoms with Crippen LogP contribution < -0.4 is 5.56 Å². The molecule has 5 heteroatoms. The van der Waals surface area contributed by atoms with Crippen LogP contribution in [-0.4, -0.2) is 9.97 Å². The summed E-state index contributed by atoms with van der Waals surface area (Å²) < 4.78 is 0.980. The molecule has 0 atom stereocenters. The molecule has 3 nitrogen and oxygen atoms in total. The van der Waals surface area contributed by atoms with Crippen molar-refractivity contribution in [2.24, 2.45) is 0 Å².